The molecule has 0 radical (unpaired) electrons. The Hall–Kier alpha value is -2.17. The monoisotopic (exact) mass is 380 g/mol. The summed E-state index contributed by atoms with van der Waals surface area (Å²) in [5.41, 5.74) is 2.98. The second kappa shape index (κ2) is 9.35. The summed E-state index contributed by atoms with van der Waals surface area (Å²) in [6.07, 6.45) is 1.97. The van der Waals surface area contributed by atoms with Crippen LogP contribution in [-0.4, -0.2) is 56.6 Å². The van der Waals surface area contributed by atoms with Crippen molar-refractivity contribution >= 4 is 11.5 Å². The lowest BCUT2D eigenvalue weighted by Gasteiger charge is -2.39. The number of morpholine rings is 1. The average molecular weight is 381 g/mol. The Labute approximate surface area is 169 Å². The fraction of sp³-hybridized carbons (Fsp3) is 0.458. The number of likely N-dealkylation sites (N-methyl/N-ethyl adjacent to an activating group) is 1. The molecule has 0 saturated carbocycles. The Balaban J connectivity index is 1.86. The third kappa shape index (κ3) is 4.45. The lowest BCUT2D eigenvalue weighted by molar-refractivity contribution is -0.129. The standard InChI is InChI=1S/C24H32N2O2/c1-4-24(25(2)3,19-20-10-6-5-7-11-20)23(27)18-21-12-8-9-13-22(21)26-14-16-28-17-15-26/h5-13H,4,14-19H2,1-3H3. The van der Waals surface area contributed by atoms with Crippen molar-refractivity contribution in [3.05, 3.63) is 65.7 Å². The van der Waals surface area contributed by atoms with Gasteiger partial charge in [0.25, 0.3) is 0 Å². The smallest absolute Gasteiger partial charge is 0.157 e. The highest BCUT2D eigenvalue weighted by atomic mass is 16.5. The molecule has 0 aromatic heterocycles. The first-order valence-corrected chi connectivity index (χ1v) is 10.2. The zero-order valence-electron chi connectivity index (χ0n) is 17.4. The largest absolute Gasteiger partial charge is 0.378 e. The maximum Gasteiger partial charge on any atom is 0.157 e. The van der Waals surface area contributed by atoms with Crippen LogP contribution in [0.3, 0.4) is 0 Å². The molecule has 1 atom stereocenters. The van der Waals surface area contributed by atoms with Crippen molar-refractivity contribution in [1.29, 1.82) is 0 Å². The van der Waals surface area contributed by atoms with Crippen molar-refractivity contribution in [2.45, 2.75) is 31.7 Å². The van der Waals surface area contributed by atoms with E-state index in [9.17, 15) is 4.79 Å². The summed E-state index contributed by atoms with van der Waals surface area (Å²) in [6.45, 7) is 5.36. The number of para-hydroxylation sites is 1. The van der Waals surface area contributed by atoms with Gasteiger partial charge in [0, 0.05) is 25.2 Å². The third-order valence-electron chi connectivity index (χ3n) is 5.99. The number of carbonyl (C=O) groups is 1. The summed E-state index contributed by atoms with van der Waals surface area (Å²) in [5.74, 6) is 0.282. The van der Waals surface area contributed by atoms with Gasteiger partial charge in [0.2, 0.25) is 0 Å². The average Bonchev–Trinajstić information content (AvgIpc) is 2.73. The van der Waals surface area contributed by atoms with E-state index in [2.05, 4.69) is 47.1 Å². The van der Waals surface area contributed by atoms with Crippen LogP contribution in [0.15, 0.2) is 54.6 Å². The molecule has 4 nitrogen and oxygen atoms in total. The highest BCUT2D eigenvalue weighted by Gasteiger charge is 2.38. The van der Waals surface area contributed by atoms with Crippen LogP contribution in [0.2, 0.25) is 0 Å². The topological polar surface area (TPSA) is 32.8 Å². The molecule has 0 bridgehead atoms. The van der Waals surface area contributed by atoms with E-state index in [-0.39, 0.29) is 5.78 Å². The Morgan fingerprint density at radius 2 is 1.68 bits per heavy atom. The maximum atomic E-state index is 13.7. The number of rotatable bonds is 8. The van der Waals surface area contributed by atoms with E-state index < -0.39 is 5.54 Å². The molecular formula is C24H32N2O2. The molecule has 0 amide bonds. The van der Waals surface area contributed by atoms with Crippen LogP contribution in [-0.2, 0) is 22.4 Å². The van der Waals surface area contributed by atoms with Crippen LogP contribution in [0, 0.1) is 0 Å². The summed E-state index contributed by atoms with van der Waals surface area (Å²) < 4.78 is 5.50. The summed E-state index contributed by atoms with van der Waals surface area (Å²) in [7, 11) is 4.05. The number of anilines is 1. The number of carbonyl (C=O) groups excluding carboxylic acids is 1. The molecule has 2 aromatic rings. The molecule has 1 saturated heterocycles. The minimum absolute atomic E-state index is 0.282. The summed E-state index contributed by atoms with van der Waals surface area (Å²) in [5, 5.41) is 0. The van der Waals surface area contributed by atoms with Crippen molar-refractivity contribution in [3.8, 4) is 0 Å². The molecule has 1 aliphatic rings. The minimum Gasteiger partial charge on any atom is -0.378 e. The van der Waals surface area contributed by atoms with Gasteiger partial charge >= 0.3 is 0 Å². The number of ketones is 1. The van der Waals surface area contributed by atoms with Gasteiger partial charge in [-0.2, -0.15) is 0 Å². The van der Waals surface area contributed by atoms with Gasteiger partial charge < -0.3 is 9.64 Å². The quantitative estimate of drug-likeness (QED) is 0.701. The molecule has 1 aliphatic heterocycles. The van der Waals surface area contributed by atoms with Gasteiger partial charge in [-0.05, 0) is 44.1 Å². The van der Waals surface area contributed by atoms with Crippen LogP contribution in [0.1, 0.15) is 24.5 Å². The third-order valence-corrected chi connectivity index (χ3v) is 5.99. The second-order valence-corrected chi connectivity index (χ2v) is 7.77. The van der Waals surface area contributed by atoms with E-state index in [4.69, 9.17) is 4.74 Å². The lowest BCUT2D eigenvalue weighted by Crippen LogP contribution is -2.53. The van der Waals surface area contributed by atoms with Crippen molar-refractivity contribution in [3.63, 3.8) is 0 Å². The molecular weight excluding hydrogens is 348 g/mol. The Bertz CT molecular complexity index is 769. The van der Waals surface area contributed by atoms with Crippen LogP contribution in [0.25, 0.3) is 0 Å². The predicted octanol–water partition coefficient (Wildman–Crippen LogP) is 3.59. The normalized spacial score (nSPS) is 16.8. The van der Waals surface area contributed by atoms with Crippen LogP contribution in [0.4, 0.5) is 5.69 Å². The first kappa shape index (κ1) is 20.6. The molecule has 0 spiro atoms. The molecule has 0 aliphatic carbocycles. The fourth-order valence-corrected chi connectivity index (χ4v) is 4.19. The van der Waals surface area contributed by atoms with E-state index in [0.717, 1.165) is 44.7 Å². The van der Waals surface area contributed by atoms with Gasteiger partial charge in [-0.3, -0.25) is 9.69 Å². The predicted molar refractivity (Wildman–Crippen MR) is 115 cm³/mol. The van der Waals surface area contributed by atoms with Gasteiger partial charge in [-0.15, -0.1) is 0 Å². The summed E-state index contributed by atoms with van der Waals surface area (Å²) in [4.78, 5) is 18.1. The Morgan fingerprint density at radius 1 is 1.04 bits per heavy atom. The molecule has 28 heavy (non-hydrogen) atoms. The van der Waals surface area contributed by atoms with E-state index >= 15 is 0 Å². The first-order chi connectivity index (χ1) is 13.6. The van der Waals surface area contributed by atoms with E-state index in [1.165, 1.54) is 11.3 Å². The molecule has 1 unspecified atom stereocenters. The Kier molecular flexibility index (Phi) is 6.87. The van der Waals surface area contributed by atoms with Crippen LogP contribution < -0.4 is 4.90 Å². The van der Waals surface area contributed by atoms with Gasteiger partial charge in [0.05, 0.1) is 18.8 Å². The SMILES string of the molecule is CCC(Cc1ccccc1)(C(=O)Cc1ccccc1N1CCOCC1)N(C)C. The molecule has 2 aromatic carbocycles. The van der Waals surface area contributed by atoms with Crippen LogP contribution in [0.5, 0.6) is 0 Å². The van der Waals surface area contributed by atoms with Crippen LogP contribution >= 0.6 is 0 Å². The number of hydrogen-bond acceptors (Lipinski definition) is 4. The number of nitrogens with zero attached hydrogens (tertiary/aromatic N) is 2. The zero-order chi connectivity index (χ0) is 20.0. The van der Waals surface area contributed by atoms with E-state index in [1.54, 1.807) is 0 Å². The highest BCUT2D eigenvalue weighted by Crippen LogP contribution is 2.29. The number of benzene rings is 2. The van der Waals surface area contributed by atoms with E-state index in [1.807, 2.05) is 38.4 Å². The van der Waals surface area contributed by atoms with Gasteiger partial charge in [0.1, 0.15) is 0 Å². The Morgan fingerprint density at radius 3 is 2.32 bits per heavy atom. The number of Topliss-reactive ketones (excluding diaryl/α,β-unsaturated/α-hetero) is 1. The lowest BCUT2D eigenvalue weighted by atomic mass is 9.80. The second-order valence-electron chi connectivity index (χ2n) is 7.77. The molecule has 150 valence electrons. The van der Waals surface area contributed by atoms with Gasteiger partial charge in [-0.25, -0.2) is 0 Å². The summed E-state index contributed by atoms with van der Waals surface area (Å²) in [6, 6.07) is 18.7. The fourth-order valence-electron chi connectivity index (χ4n) is 4.19. The van der Waals surface area contributed by atoms with Crippen molar-refractivity contribution in [2.24, 2.45) is 0 Å². The highest BCUT2D eigenvalue weighted by molar-refractivity contribution is 5.91. The molecule has 4 heteroatoms. The first-order valence-electron chi connectivity index (χ1n) is 10.2. The van der Waals surface area contributed by atoms with Gasteiger partial charge in [-0.1, -0.05) is 55.5 Å². The number of ether oxygens (including phenoxy) is 1. The van der Waals surface area contributed by atoms with E-state index in [0.29, 0.717) is 6.42 Å². The molecule has 1 heterocycles. The van der Waals surface area contributed by atoms with Crippen molar-refractivity contribution < 1.29 is 9.53 Å². The van der Waals surface area contributed by atoms with Gasteiger partial charge in [0.15, 0.2) is 5.78 Å². The van der Waals surface area contributed by atoms with Crippen molar-refractivity contribution in [2.75, 3.05) is 45.3 Å². The number of hydrogen-bond donors (Lipinski definition) is 0. The molecule has 3 rings (SSSR count). The molecule has 1 fully saturated rings. The molecule has 0 N–H and O–H groups in total. The zero-order valence-corrected chi connectivity index (χ0v) is 17.4. The summed E-state index contributed by atoms with van der Waals surface area (Å²) >= 11 is 0. The maximum absolute atomic E-state index is 13.7. The minimum atomic E-state index is -0.501. The van der Waals surface area contributed by atoms with Crippen molar-refractivity contribution in [1.82, 2.24) is 4.90 Å².